The second-order valence-electron chi connectivity index (χ2n) is 3.89. The van der Waals surface area contributed by atoms with Gasteiger partial charge in [0, 0.05) is 47.4 Å². The number of hydrogen-bond donors (Lipinski definition) is 2. The molecule has 0 radical (unpaired) electrons. The summed E-state index contributed by atoms with van der Waals surface area (Å²) in [7, 11) is 4.68. The quantitative estimate of drug-likeness (QED) is 0.578. The average Bonchev–Trinajstić information content (AvgIpc) is 2.33. The van der Waals surface area contributed by atoms with Crippen LogP contribution in [0.2, 0.25) is 0 Å². The van der Waals surface area contributed by atoms with Crippen LogP contribution in [0.4, 0.5) is 4.79 Å². The zero-order valence-corrected chi connectivity index (χ0v) is 11.1. The van der Waals surface area contributed by atoms with Gasteiger partial charge in [-0.2, -0.15) is 0 Å². The van der Waals surface area contributed by atoms with Crippen LogP contribution in [0.3, 0.4) is 0 Å². The van der Waals surface area contributed by atoms with Crippen LogP contribution in [0.5, 0.6) is 0 Å². The molecule has 0 aromatic rings. The minimum absolute atomic E-state index is 0.240. The second kappa shape index (κ2) is 9.67. The van der Waals surface area contributed by atoms with E-state index in [-0.39, 0.29) is 13.0 Å². The van der Waals surface area contributed by atoms with Gasteiger partial charge in [-0.3, -0.25) is 0 Å². The number of carbonyl (C=O) groups is 2. The molecule has 106 valence electrons. The number of hydrogen-bond acceptors (Lipinski definition) is 4. The molecule has 18 heavy (non-hydrogen) atoms. The average molecular weight is 262 g/mol. The smallest absolute Gasteiger partial charge is 0.326 e. The number of ether oxygens (including phenoxy) is 2. The van der Waals surface area contributed by atoms with Gasteiger partial charge in [0.1, 0.15) is 6.04 Å². The van der Waals surface area contributed by atoms with Gasteiger partial charge in [0.2, 0.25) is 0 Å². The van der Waals surface area contributed by atoms with E-state index in [1.54, 1.807) is 14.2 Å². The van der Waals surface area contributed by atoms with E-state index < -0.39 is 18.0 Å². The Bertz CT molecular complexity index is 260. The van der Waals surface area contributed by atoms with E-state index in [0.29, 0.717) is 19.6 Å². The molecule has 2 amide bonds. The van der Waals surface area contributed by atoms with Gasteiger partial charge in [-0.15, -0.1) is 0 Å². The van der Waals surface area contributed by atoms with Crippen molar-refractivity contribution < 1.29 is 24.2 Å². The van der Waals surface area contributed by atoms with Gasteiger partial charge in [-0.25, -0.2) is 9.59 Å². The highest BCUT2D eigenvalue weighted by Gasteiger charge is 2.21. The number of aliphatic carboxylic acids is 1. The van der Waals surface area contributed by atoms with E-state index in [4.69, 9.17) is 14.6 Å². The monoisotopic (exact) mass is 262 g/mol. The molecule has 7 nitrogen and oxygen atoms in total. The van der Waals surface area contributed by atoms with Crippen LogP contribution in [0.25, 0.3) is 0 Å². The Balaban J connectivity index is 4.10. The molecule has 0 aliphatic heterocycles. The lowest BCUT2D eigenvalue weighted by Crippen LogP contribution is -2.47. The topological polar surface area (TPSA) is 88.1 Å². The molecule has 0 rings (SSSR count). The van der Waals surface area contributed by atoms with Crippen LogP contribution < -0.4 is 5.32 Å². The van der Waals surface area contributed by atoms with Crippen molar-refractivity contribution in [2.24, 2.45) is 0 Å². The van der Waals surface area contributed by atoms with Crippen LogP contribution in [0, 0.1) is 0 Å². The molecular formula is C11H22N2O5. The molecular weight excluding hydrogens is 240 g/mol. The molecule has 0 aliphatic carbocycles. The number of amides is 2. The molecule has 0 bridgehead atoms. The lowest BCUT2D eigenvalue weighted by molar-refractivity contribution is -0.139. The molecule has 0 spiro atoms. The first-order valence-corrected chi connectivity index (χ1v) is 5.75. The summed E-state index contributed by atoms with van der Waals surface area (Å²) in [5.74, 6) is -1.06. The zero-order chi connectivity index (χ0) is 14.0. The number of carboxylic acids is 1. The number of urea groups is 1. The summed E-state index contributed by atoms with van der Waals surface area (Å²) in [5, 5.41) is 11.4. The maximum Gasteiger partial charge on any atom is 0.326 e. The highest BCUT2D eigenvalue weighted by Crippen LogP contribution is 1.96. The molecule has 0 aliphatic rings. The Labute approximate surface area is 107 Å². The van der Waals surface area contributed by atoms with E-state index in [2.05, 4.69) is 5.32 Å². The van der Waals surface area contributed by atoms with Crippen molar-refractivity contribution in [2.45, 2.75) is 18.9 Å². The van der Waals surface area contributed by atoms with E-state index in [0.717, 1.165) is 0 Å². The van der Waals surface area contributed by atoms with Crippen molar-refractivity contribution in [1.82, 2.24) is 10.2 Å². The highest BCUT2D eigenvalue weighted by atomic mass is 16.5. The number of nitrogens with zero attached hydrogens (tertiary/aromatic N) is 1. The number of rotatable bonds is 9. The standard InChI is InChI=1S/C11H22N2O5/c1-13(6-4-7-17-2)11(16)12-9(10(14)15)5-8-18-3/h9H,4-8H2,1-3H3,(H,12,16)(H,14,15). The van der Waals surface area contributed by atoms with Gasteiger partial charge in [0.25, 0.3) is 0 Å². The summed E-state index contributed by atoms with van der Waals surface area (Å²) >= 11 is 0. The van der Waals surface area contributed by atoms with E-state index >= 15 is 0 Å². The summed E-state index contributed by atoms with van der Waals surface area (Å²) in [4.78, 5) is 24.0. The van der Waals surface area contributed by atoms with Crippen LogP contribution in [-0.4, -0.2) is 69.1 Å². The lowest BCUT2D eigenvalue weighted by atomic mass is 10.2. The molecule has 0 saturated heterocycles. The Morgan fingerprint density at radius 3 is 2.39 bits per heavy atom. The third kappa shape index (κ3) is 7.08. The Morgan fingerprint density at radius 2 is 1.89 bits per heavy atom. The molecule has 1 unspecified atom stereocenters. The van der Waals surface area contributed by atoms with Crippen molar-refractivity contribution >= 4 is 12.0 Å². The Kier molecular flexibility index (Phi) is 8.95. The number of carboxylic acid groups (broad SMARTS) is 1. The van der Waals surface area contributed by atoms with Gasteiger partial charge >= 0.3 is 12.0 Å². The van der Waals surface area contributed by atoms with Gasteiger partial charge in [0.05, 0.1) is 0 Å². The predicted octanol–water partition coefficient (Wildman–Crippen LogP) is 0.154. The first kappa shape index (κ1) is 16.7. The molecule has 0 fully saturated rings. The zero-order valence-electron chi connectivity index (χ0n) is 11.1. The number of nitrogens with one attached hydrogen (secondary N) is 1. The summed E-state index contributed by atoms with van der Waals surface area (Å²) in [6.45, 7) is 1.35. The third-order valence-electron chi connectivity index (χ3n) is 2.40. The Morgan fingerprint density at radius 1 is 1.28 bits per heavy atom. The lowest BCUT2D eigenvalue weighted by Gasteiger charge is -2.21. The summed E-state index contributed by atoms with van der Waals surface area (Å²) < 4.78 is 9.67. The fraction of sp³-hybridized carbons (Fsp3) is 0.818. The van der Waals surface area contributed by atoms with Crippen molar-refractivity contribution in [1.29, 1.82) is 0 Å². The SMILES string of the molecule is COCCCN(C)C(=O)NC(CCOC)C(=O)O. The number of carbonyl (C=O) groups excluding carboxylic acids is 1. The van der Waals surface area contributed by atoms with Crippen molar-refractivity contribution in [3.8, 4) is 0 Å². The first-order valence-electron chi connectivity index (χ1n) is 5.75. The van der Waals surface area contributed by atoms with E-state index in [1.165, 1.54) is 12.0 Å². The van der Waals surface area contributed by atoms with Gasteiger partial charge in [-0.1, -0.05) is 0 Å². The van der Waals surface area contributed by atoms with E-state index in [9.17, 15) is 9.59 Å². The van der Waals surface area contributed by atoms with Gasteiger partial charge in [-0.05, 0) is 6.42 Å². The Hall–Kier alpha value is -1.34. The normalized spacial score (nSPS) is 11.9. The summed E-state index contributed by atoms with van der Waals surface area (Å²) in [6, 6.07) is -1.34. The minimum atomic E-state index is -1.06. The third-order valence-corrected chi connectivity index (χ3v) is 2.40. The van der Waals surface area contributed by atoms with E-state index in [1.807, 2.05) is 0 Å². The van der Waals surface area contributed by atoms with Crippen molar-refractivity contribution in [3.05, 3.63) is 0 Å². The molecule has 0 saturated carbocycles. The molecule has 0 heterocycles. The second-order valence-corrected chi connectivity index (χ2v) is 3.89. The first-order chi connectivity index (χ1) is 8.52. The molecule has 2 N–H and O–H groups in total. The van der Waals surface area contributed by atoms with Crippen LogP contribution in [-0.2, 0) is 14.3 Å². The maximum absolute atomic E-state index is 11.7. The van der Waals surface area contributed by atoms with Crippen LogP contribution >= 0.6 is 0 Å². The van der Waals surface area contributed by atoms with Crippen molar-refractivity contribution in [3.63, 3.8) is 0 Å². The van der Waals surface area contributed by atoms with Crippen LogP contribution in [0.1, 0.15) is 12.8 Å². The molecule has 7 heteroatoms. The fourth-order valence-electron chi connectivity index (χ4n) is 1.30. The fourth-order valence-corrected chi connectivity index (χ4v) is 1.30. The molecule has 0 aromatic heterocycles. The highest BCUT2D eigenvalue weighted by molar-refractivity contribution is 5.82. The van der Waals surface area contributed by atoms with Gasteiger partial charge < -0.3 is 24.8 Å². The van der Waals surface area contributed by atoms with Crippen LogP contribution in [0.15, 0.2) is 0 Å². The maximum atomic E-state index is 11.7. The predicted molar refractivity (Wildman–Crippen MR) is 65.6 cm³/mol. The minimum Gasteiger partial charge on any atom is -0.480 e. The molecule has 1 atom stereocenters. The molecule has 0 aromatic carbocycles. The summed E-state index contributed by atoms with van der Waals surface area (Å²) in [6.07, 6.45) is 0.944. The summed E-state index contributed by atoms with van der Waals surface area (Å²) in [5.41, 5.74) is 0. The number of methoxy groups -OCH3 is 2. The van der Waals surface area contributed by atoms with Gasteiger partial charge in [0.15, 0.2) is 0 Å². The van der Waals surface area contributed by atoms with Crippen molar-refractivity contribution in [2.75, 3.05) is 41.0 Å². The largest absolute Gasteiger partial charge is 0.480 e.